The van der Waals surface area contributed by atoms with Crippen LogP contribution in [0.4, 0.5) is 9.59 Å². The predicted molar refractivity (Wildman–Crippen MR) is 139 cm³/mol. The van der Waals surface area contributed by atoms with E-state index in [1.54, 1.807) is 59.3 Å². The van der Waals surface area contributed by atoms with Gasteiger partial charge in [-0.25, -0.2) is 9.59 Å². The summed E-state index contributed by atoms with van der Waals surface area (Å²) in [7, 11) is 3.09. The fourth-order valence-corrected chi connectivity index (χ4v) is 4.80. The molecule has 0 rings (SSSR count). The van der Waals surface area contributed by atoms with Crippen LogP contribution in [-0.4, -0.2) is 64.2 Å². The van der Waals surface area contributed by atoms with Crippen molar-refractivity contribution < 1.29 is 28.7 Å². The smallest absolute Gasteiger partial charge is 0.407 e. The van der Waals surface area contributed by atoms with E-state index >= 15 is 0 Å². The van der Waals surface area contributed by atoms with Gasteiger partial charge in [0.25, 0.3) is 0 Å². The Balaban J connectivity index is 4.83. The van der Waals surface area contributed by atoms with Crippen LogP contribution in [0.1, 0.15) is 82.1 Å². The van der Waals surface area contributed by atoms with Crippen LogP contribution in [0.5, 0.6) is 0 Å². The maximum atomic E-state index is 12.8. The second-order valence-electron chi connectivity index (χ2n) is 11.0. The van der Waals surface area contributed by atoms with Crippen LogP contribution in [-0.2, 0) is 19.1 Å². The van der Waals surface area contributed by atoms with E-state index in [4.69, 9.17) is 9.47 Å². The number of hydrogen-bond donors (Lipinski definition) is 3. The second kappa shape index (κ2) is 14.1. The molecular formula is C23H43N3O6S2. The van der Waals surface area contributed by atoms with Crippen LogP contribution in [0, 0.1) is 0 Å². The molecule has 0 aliphatic heterocycles. The van der Waals surface area contributed by atoms with Gasteiger partial charge >= 0.3 is 18.1 Å². The normalized spacial score (nSPS) is 13.9. The number of alkyl carbamates (subject to hydrolysis) is 1. The lowest BCUT2D eigenvalue weighted by molar-refractivity contribution is -0.155. The zero-order chi connectivity index (χ0) is 26.7. The summed E-state index contributed by atoms with van der Waals surface area (Å²) in [6.45, 7) is 18.6. The number of ketones is 1. The van der Waals surface area contributed by atoms with Gasteiger partial charge in [-0.05, 0) is 48.5 Å². The summed E-state index contributed by atoms with van der Waals surface area (Å²) in [5.74, 6) is -0.348. The SMILES string of the molecule is C[C@H](CNC(=O)N[C@@H](CSSC(C)(C)C)C(=O)CCC(=O)OC(C)(C)C)NC(=O)OC(C)(C)C. The second-order valence-corrected chi connectivity index (χ2v) is 14.2. The first-order valence-electron chi connectivity index (χ1n) is 11.4. The fraction of sp³-hybridized carbons (Fsp3) is 0.826. The lowest BCUT2D eigenvalue weighted by Gasteiger charge is -2.23. The van der Waals surface area contributed by atoms with Gasteiger partial charge in [0.15, 0.2) is 5.78 Å². The number of carbonyl (C=O) groups excluding carboxylic acids is 4. The van der Waals surface area contributed by atoms with E-state index in [9.17, 15) is 19.2 Å². The van der Waals surface area contributed by atoms with Gasteiger partial charge in [0, 0.05) is 29.5 Å². The van der Waals surface area contributed by atoms with E-state index in [0.717, 1.165) is 0 Å². The number of rotatable bonds is 11. The van der Waals surface area contributed by atoms with Crippen LogP contribution in [0.25, 0.3) is 0 Å². The molecule has 0 aromatic heterocycles. The fourth-order valence-electron chi connectivity index (χ4n) is 2.30. The standard InChI is InChI=1S/C23H43N3O6S2/c1-15(25-20(30)32-22(5,6)7)13-24-19(29)26-16(14-33-34-23(8,9)10)17(27)11-12-18(28)31-21(2,3)4/h15-16H,11-14H2,1-10H3,(H,25,30)(H2,24,26,29)/t15-,16+/m1/s1. The van der Waals surface area contributed by atoms with Crippen LogP contribution in [0.2, 0.25) is 0 Å². The average molecular weight is 522 g/mol. The van der Waals surface area contributed by atoms with Gasteiger partial charge in [0.2, 0.25) is 0 Å². The quantitative estimate of drug-likeness (QED) is 0.269. The summed E-state index contributed by atoms with van der Waals surface area (Å²) in [6, 6.07) is -1.68. The highest BCUT2D eigenvalue weighted by Crippen LogP contribution is 2.35. The molecule has 0 aromatic rings. The zero-order valence-electron chi connectivity index (χ0n) is 22.2. The van der Waals surface area contributed by atoms with Crippen LogP contribution >= 0.6 is 21.6 Å². The summed E-state index contributed by atoms with van der Waals surface area (Å²) in [5, 5.41) is 7.99. The number of urea groups is 1. The summed E-state index contributed by atoms with van der Waals surface area (Å²) < 4.78 is 10.4. The predicted octanol–water partition coefficient (Wildman–Crippen LogP) is 4.44. The number of carbonyl (C=O) groups is 4. The Bertz CT molecular complexity index is 696. The van der Waals surface area contributed by atoms with Crippen molar-refractivity contribution in [2.75, 3.05) is 12.3 Å². The Morgan fingerprint density at radius 3 is 1.88 bits per heavy atom. The van der Waals surface area contributed by atoms with Gasteiger partial charge in [-0.15, -0.1) is 0 Å². The van der Waals surface area contributed by atoms with E-state index < -0.39 is 35.3 Å². The van der Waals surface area contributed by atoms with Crippen LogP contribution in [0.15, 0.2) is 0 Å². The minimum Gasteiger partial charge on any atom is -0.460 e. The van der Waals surface area contributed by atoms with E-state index in [1.807, 2.05) is 0 Å². The molecule has 0 saturated heterocycles. The third-order valence-corrected chi connectivity index (χ3v) is 6.91. The number of hydrogen-bond acceptors (Lipinski definition) is 8. The molecule has 3 N–H and O–H groups in total. The maximum absolute atomic E-state index is 12.8. The first-order valence-corrected chi connectivity index (χ1v) is 13.7. The van der Waals surface area contributed by atoms with Crippen molar-refractivity contribution >= 4 is 45.5 Å². The lowest BCUT2D eigenvalue weighted by atomic mass is 10.1. The molecule has 0 aliphatic carbocycles. The van der Waals surface area contributed by atoms with Crippen molar-refractivity contribution in [3.8, 4) is 0 Å². The van der Waals surface area contributed by atoms with Crippen molar-refractivity contribution in [3.63, 3.8) is 0 Å². The highest BCUT2D eigenvalue weighted by atomic mass is 33.1. The molecule has 34 heavy (non-hydrogen) atoms. The zero-order valence-corrected chi connectivity index (χ0v) is 23.9. The van der Waals surface area contributed by atoms with E-state index in [2.05, 4.69) is 36.7 Å². The first-order chi connectivity index (χ1) is 15.3. The number of nitrogens with one attached hydrogen (secondary N) is 3. The van der Waals surface area contributed by atoms with E-state index in [1.165, 1.54) is 10.8 Å². The van der Waals surface area contributed by atoms with Crippen LogP contribution < -0.4 is 16.0 Å². The molecule has 0 saturated carbocycles. The van der Waals surface area contributed by atoms with Crippen molar-refractivity contribution in [2.24, 2.45) is 0 Å². The molecule has 0 unspecified atom stereocenters. The number of amides is 3. The van der Waals surface area contributed by atoms with Gasteiger partial charge in [-0.3, -0.25) is 9.59 Å². The molecule has 0 spiro atoms. The largest absolute Gasteiger partial charge is 0.460 e. The number of esters is 1. The minimum atomic E-state index is -0.767. The topological polar surface area (TPSA) is 123 Å². The van der Waals surface area contributed by atoms with E-state index in [-0.39, 0.29) is 36.0 Å². The Morgan fingerprint density at radius 2 is 1.38 bits per heavy atom. The van der Waals surface area contributed by atoms with Crippen molar-refractivity contribution in [1.29, 1.82) is 0 Å². The number of Topliss-reactive ketones (excluding diaryl/α,β-unsaturated/α-hetero) is 1. The molecule has 0 radical (unpaired) electrons. The van der Waals surface area contributed by atoms with Gasteiger partial charge in [0.05, 0.1) is 12.5 Å². The Kier molecular flexibility index (Phi) is 13.4. The molecule has 0 heterocycles. The van der Waals surface area contributed by atoms with Gasteiger partial charge in [-0.1, -0.05) is 42.4 Å². The van der Waals surface area contributed by atoms with Crippen molar-refractivity contribution in [1.82, 2.24) is 16.0 Å². The minimum absolute atomic E-state index is 0.0141. The molecule has 198 valence electrons. The highest BCUT2D eigenvalue weighted by molar-refractivity contribution is 8.77. The van der Waals surface area contributed by atoms with Gasteiger partial charge < -0.3 is 25.4 Å². The van der Waals surface area contributed by atoms with Gasteiger partial charge in [0.1, 0.15) is 11.2 Å². The average Bonchev–Trinajstić information content (AvgIpc) is 2.59. The molecule has 9 nitrogen and oxygen atoms in total. The maximum Gasteiger partial charge on any atom is 0.407 e. The molecule has 3 amide bonds. The summed E-state index contributed by atoms with van der Waals surface area (Å²) in [4.78, 5) is 49.0. The summed E-state index contributed by atoms with van der Waals surface area (Å²) >= 11 is 0. The molecule has 11 heteroatoms. The molecule has 0 fully saturated rings. The molecular weight excluding hydrogens is 478 g/mol. The molecule has 0 aromatic carbocycles. The Labute approximate surface area is 212 Å². The first kappa shape index (κ1) is 32.4. The molecule has 2 atom stereocenters. The Hall–Kier alpha value is -1.62. The third kappa shape index (κ3) is 18.8. The molecule has 0 aliphatic rings. The lowest BCUT2D eigenvalue weighted by Crippen LogP contribution is -2.50. The number of ether oxygens (including phenoxy) is 2. The van der Waals surface area contributed by atoms with E-state index in [0.29, 0.717) is 5.75 Å². The van der Waals surface area contributed by atoms with Crippen LogP contribution in [0.3, 0.4) is 0 Å². The third-order valence-electron chi connectivity index (χ3n) is 3.57. The summed E-state index contributed by atoms with van der Waals surface area (Å²) in [6.07, 6.45) is -0.658. The Morgan fingerprint density at radius 1 is 0.824 bits per heavy atom. The summed E-state index contributed by atoms with van der Waals surface area (Å²) in [5.41, 5.74) is -1.24. The van der Waals surface area contributed by atoms with Crippen molar-refractivity contribution in [2.45, 2.75) is 110 Å². The highest BCUT2D eigenvalue weighted by Gasteiger charge is 2.25. The van der Waals surface area contributed by atoms with Gasteiger partial charge in [-0.2, -0.15) is 0 Å². The van der Waals surface area contributed by atoms with Crippen molar-refractivity contribution in [3.05, 3.63) is 0 Å². The molecule has 0 bridgehead atoms. The monoisotopic (exact) mass is 521 g/mol.